The maximum atomic E-state index is 8.72. The van der Waals surface area contributed by atoms with Crippen LogP contribution in [0.3, 0.4) is 0 Å². The van der Waals surface area contributed by atoms with E-state index >= 15 is 0 Å². The van der Waals surface area contributed by atoms with Crippen LogP contribution in [0.15, 0.2) is 22.8 Å². The third kappa shape index (κ3) is 1.60. The van der Waals surface area contributed by atoms with Crippen LogP contribution < -0.4 is 0 Å². The van der Waals surface area contributed by atoms with Gasteiger partial charge < -0.3 is 4.42 Å². The number of furan rings is 1. The van der Waals surface area contributed by atoms with E-state index in [4.69, 9.17) is 9.68 Å². The summed E-state index contributed by atoms with van der Waals surface area (Å²) >= 11 is 0. The molecule has 1 aromatic rings. The third-order valence-electron chi connectivity index (χ3n) is 1.45. The predicted molar refractivity (Wildman–Crippen MR) is 40.7 cm³/mol. The van der Waals surface area contributed by atoms with E-state index < -0.39 is 0 Å². The van der Waals surface area contributed by atoms with Gasteiger partial charge in [0.1, 0.15) is 5.76 Å². The third-order valence-corrected chi connectivity index (χ3v) is 1.45. The summed E-state index contributed by atoms with van der Waals surface area (Å²) in [5.74, 6) is 0.692. The lowest BCUT2D eigenvalue weighted by atomic mass is 10.2. The first-order valence-electron chi connectivity index (χ1n) is 3.35. The summed E-state index contributed by atoms with van der Waals surface area (Å²) in [6.45, 7) is 0. The Morgan fingerprint density at radius 1 is 1.64 bits per heavy atom. The molecule has 1 heterocycles. The van der Waals surface area contributed by atoms with Crippen LogP contribution >= 0.6 is 0 Å². The second-order valence-corrected chi connectivity index (χ2v) is 2.51. The Hall–Kier alpha value is -1.27. The average molecular weight is 150 g/mol. The molecule has 0 spiro atoms. The Morgan fingerprint density at radius 3 is 2.73 bits per heavy atom. The normalized spacial score (nSPS) is 12.9. The Labute approximate surface area is 65.8 Å². The van der Waals surface area contributed by atoms with Gasteiger partial charge in [-0.1, -0.05) is 0 Å². The van der Waals surface area contributed by atoms with E-state index in [1.807, 2.05) is 14.1 Å². The summed E-state index contributed by atoms with van der Waals surface area (Å²) in [7, 11) is 3.69. The standard InChI is InChI=1S/C8H10N2O/c1-10(2)7(6-9)8-4-3-5-11-8/h3-5,7H,1-2H3/t7-/m0/s1. The van der Waals surface area contributed by atoms with Gasteiger partial charge >= 0.3 is 0 Å². The monoisotopic (exact) mass is 150 g/mol. The minimum Gasteiger partial charge on any atom is -0.467 e. The van der Waals surface area contributed by atoms with Gasteiger partial charge in [0.15, 0.2) is 6.04 Å². The van der Waals surface area contributed by atoms with Crippen LogP contribution in [0.2, 0.25) is 0 Å². The van der Waals surface area contributed by atoms with E-state index in [0.29, 0.717) is 5.76 Å². The summed E-state index contributed by atoms with van der Waals surface area (Å²) in [4.78, 5) is 1.80. The summed E-state index contributed by atoms with van der Waals surface area (Å²) < 4.78 is 5.08. The van der Waals surface area contributed by atoms with Crippen molar-refractivity contribution in [3.8, 4) is 6.07 Å². The molecule has 0 aliphatic heterocycles. The van der Waals surface area contributed by atoms with Crippen LogP contribution in [0.4, 0.5) is 0 Å². The van der Waals surface area contributed by atoms with E-state index in [1.54, 1.807) is 23.3 Å². The van der Waals surface area contributed by atoms with Crippen molar-refractivity contribution >= 4 is 0 Å². The highest BCUT2D eigenvalue weighted by atomic mass is 16.3. The lowest BCUT2D eigenvalue weighted by molar-refractivity contribution is 0.311. The molecule has 58 valence electrons. The fraction of sp³-hybridized carbons (Fsp3) is 0.375. The van der Waals surface area contributed by atoms with Crippen molar-refractivity contribution in [3.63, 3.8) is 0 Å². The smallest absolute Gasteiger partial charge is 0.156 e. The number of nitriles is 1. The number of hydrogen-bond donors (Lipinski definition) is 0. The topological polar surface area (TPSA) is 40.2 Å². The molecule has 0 radical (unpaired) electrons. The van der Waals surface area contributed by atoms with E-state index in [-0.39, 0.29) is 6.04 Å². The largest absolute Gasteiger partial charge is 0.467 e. The number of hydrogen-bond acceptors (Lipinski definition) is 3. The molecular formula is C8H10N2O. The number of rotatable bonds is 2. The fourth-order valence-electron chi connectivity index (χ4n) is 0.880. The molecule has 0 saturated heterocycles. The average Bonchev–Trinajstić information content (AvgIpc) is 2.40. The Morgan fingerprint density at radius 2 is 2.36 bits per heavy atom. The molecule has 1 atom stereocenters. The molecule has 0 amide bonds. The molecule has 0 N–H and O–H groups in total. The maximum Gasteiger partial charge on any atom is 0.156 e. The van der Waals surface area contributed by atoms with Crippen molar-refractivity contribution in [1.29, 1.82) is 5.26 Å². The van der Waals surface area contributed by atoms with Crippen molar-refractivity contribution in [2.24, 2.45) is 0 Å². The molecule has 0 aliphatic rings. The van der Waals surface area contributed by atoms with Crippen molar-refractivity contribution in [2.45, 2.75) is 6.04 Å². The van der Waals surface area contributed by atoms with Gasteiger partial charge in [0.05, 0.1) is 12.3 Å². The molecular weight excluding hydrogens is 140 g/mol. The zero-order valence-electron chi connectivity index (χ0n) is 6.61. The summed E-state index contributed by atoms with van der Waals surface area (Å²) in [6.07, 6.45) is 1.57. The van der Waals surface area contributed by atoms with Crippen LogP contribution in [0.1, 0.15) is 11.8 Å². The molecule has 0 aliphatic carbocycles. The van der Waals surface area contributed by atoms with E-state index in [0.717, 1.165) is 0 Å². The van der Waals surface area contributed by atoms with Gasteiger partial charge in [-0.15, -0.1) is 0 Å². The molecule has 0 saturated carbocycles. The van der Waals surface area contributed by atoms with Gasteiger partial charge in [0.2, 0.25) is 0 Å². The lowest BCUT2D eigenvalue weighted by Crippen LogP contribution is -2.17. The van der Waals surface area contributed by atoms with Crippen LogP contribution in [0.25, 0.3) is 0 Å². The molecule has 11 heavy (non-hydrogen) atoms. The first-order valence-corrected chi connectivity index (χ1v) is 3.35. The first-order chi connectivity index (χ1) is 5.25. The van der Waals surface area contributed by atoms with Crippen LogP contribution in [0.5, 0.6) is 0 Å². The predicted octanol–water partition coefficient (Wildman–Crippen LogP) is 1.41. The first kappa shape index (κ1) is 7.83. The SMILES string of the molecule is CN(C)[C@@H](C#N)c1ccco1. The van der Waals surface area contributed by atoms with Gasteiger partial charge in [0.25, 0.3) is 0 Å². The highest BCUT2D eigenvalue weighted by Crippen LogP contribution is 2.16. The zero-order chi connectivity index (χ0) is 8.27. The van der Waals surface area contributed by atoms with Gasteiger partial charge in [-0.25, -0.2) is 0 Å². The molecule has 0 bridgehead atoms. The molecule has 1 aromatic heterocycles. The number of nitrogens with zero attached hydrogens (tertiary/aromatic N) is 2. The van der Waals surface area contributed by atoms with Crippen LogP contribution in [-0.4, -0.2) is 19.0 Å². The molecule has 0 aromatic carbocycles. The quantitative estimate of drug-likeness (QED) is 0.639. The molecule has 0 unspecified atom stereocenters. The van der Waals surface area contributed by atoms with E-state index in [1.165, 1.54) is 0 Å². The lowest BCUT2D eigenvalue weighted by Gasteiger charge is -2.13. The molecule has 3 heteroatoms. The zero-order valence-corrected chi connectivity index (χ0v) is 6.61. The summed E-state index contributed by atoms with van der Waals surface area (Å²) in [6, 6.07) is 5.44. The van der Waals surface area contributed by atoms with E-state index in [2.05, 4.69) is 6.07 Å². The Bertz CT molecular complexity index is 246. The minimum absolute atomic E-state index is 0.273. The summed E-state index contributed by atoms with van der Waals surface area (Å²) in [5.41, 5.74) is 0. The summed E-state index contributed by atoms with van der Waals surface area (Å²) in [5, 5.41) is 8.72. The van der Waals surface area contributed by atoms with Gasteiger partial charge in [-0.2, -0.15) is 5.26 Å². The van der Waals surface area contributed by atoms with Gasteiger partial charge in [0, 0.05) is 0 Å². The van der Waals surface area contributed by atoms with Crippen molar-refractivity contribution in [1.82, 2.24) is 4.90 Å². The van der Waals surface area contributed by atoms with E-state index in [9.17, 15) is 0 Å². The molecule has 3 nitrogen and oxygen atoms in total. The van der Waals surface area contributed by atoms with Gasteiger partial charge in [-0.05, 0) is 26.2 Å². The van der Waals surface area contributed by atoms with Crippen molar-refractivity contribution in [2.75, 3.05) is 14.1 Å². The second-order valence-electron chi connectivity index (χ2n) is 2.51. The maximum absolute atomic E-state index is 8.72. The van der Waals surface area contributed by atoms with Crippen LogP contribution in [-0.2, 0) is 0 Å². The molecule has 0 fully saturated rings. The highest BCUT2D eigenvalue weighted by Gasteiger charge is 2.14. The Balaban J connectivity index is 2.82. The van der Waals surface area contributed by atoms with Crippen molar-refractivity contribution in [3.05, 3.63) is 24.2 Å². The van der Waals surface area contributed by atoms with Crippen molar-refractivity contribution < 1.29 is 4.42 Å². The fourth-order valence-corrected chi connectivity index (χ4v) is 0.880. The van der Waals surface area contributed by atoms with Gasteiger partial charge in [-0.3, -0.25) is 4.90 Å². The Kier molecular flexibility index (Phi) is 2.29. The molecule has 1 rings (SSSR count). The second kappa shape index (κ2) is 3.22. The van der Waals surface area contributed by atoms with Crippen LogP contribution in [0, 0.1) is 11.3 Å². The highest BCUT2D eigenvalue weighted by molar-refractivity contribution is 5.11. The minimum atomic E-state index is -0.273.